The van der Waals surface area contributed by atoms with Crippen molar-refractivity contribution in [2.24, 2.45) is 0 Å². The van der Waals surface area contributed by atoms with Gasteiger partial charge in [-0.2, -0.15) is 0 Å². The third-order valence-electron chi connectivity index (χ3n) is 6.72. The Bertz CT molecular complexity index is 1160. The average Bonchev–Trinajstić information content (AvgIpc) is 2.71. The molecule has 2 heterocycles. The normalized spacial score (nSPS) is 21.6. The van der Waals surface area contributed by atoms with E-state index in [1.807, 2.05) is 26.0 Å². The van der Waals surface area contributed by atoms with Crippen LogP contribution in [0.1, 0.15) is 55.4 Å². The van der Waals surface area contributed by atoms with Gasteiger partial charge in [-0.15, -0.1) is 0 Å². The fourth-order valence-corrected chi connectivity index (χ4v) is 4.63. The van der Waals surface area contributed by atoms with Crippen LogP contribution in [0.3, 0.4) is 0 Å². The van der Waals surface area contributed by atoms with Gasteiger partial charge in [-0.1, -0.05) is 24.6 Å². The number of fused-ring (bicyclic) bond motifs is 1. The minimum Gasteiger partial charge on any atom is -0.369 e. The molecule has 2 aliphatic rings. The van der Waals surface area contributed by atoms with Gasteiger partial charge in [-0.05, 0) is 87.1 Å². The number of nitrogens with zero attached hydrogens (tertiary/aromatic N) is 2. The van der Waals surface area contributed by atoms with Gasteiger partial charge in [-0.25, -0.2) is 9.69 Å². The molecule has 0 aliphatic carbocycles. The third kappa shape index (κ3) is 3.60. The molecule has 0 radical (unpaired) electrons. The smallest absolute Gasteiger partial charge is 0.335 e. The Morgan fingerprint density at radius 2 is 1.72 bits per heavy atom. The van der Waals surface area contributed by atoms with Crippen molar-refractivity contribution in [1.82, 2.24) is 5.32 Å². The van der Waals surface area contributed by atoms with Gasteiger partial charge >= 0.3 is 6.03 Å². The van der Waals surface area contributed by atoms with E-state index >= 15 is 0 Å². The number of benzene rings is 2. The molecule has 4 amide bonds. The van der Waals surface area contributed by atoms with Crippen molar-refractivity contribution in [2.75, 3.05) is 16.8 Å². The van der Waals surface area contributed by atoms with Crippen molar-refractivity contribution in [2.45, 2.75) is 52.5 Å². The molecule has 6 nitrogen and oxygen atoms in total. The quantitative estimate of drug-likeness (QED) is 0.553. The predicted molar refractivity (Wildman–Crippen MR) is 127 cm³/mol. The summed E-state index contributed by atoms with van der Waals surface area (Å²) in [4.78, 5) is 41.5. The highest BCUT2D eigenvalue weighted by Crippen LogP contribution is 2.43. The summed E-state index contributed by atoms with van der Waals surface area (Å²) in [6.45, 7) is 10.6. The number of amides is 4. The van der Waals surface area contributed by atoms with E-state index < -0.39 is 17.8 Å². The van der Waals surface area contributed by atoms with E-state index in [1.165, 1.54) is 11.3 Å². The fourth-order valence-electron chi connectivity index (χ4n) is 4.63. The molecule has 1 N–H and O–H groups in total. The molecule has 1 unspecified atom stereocenters. The zero-order valence-corrected chi connectivity index (χ0v) is 19.4. The van der Waals surface area contributed by atoms with Crippen LogP contribution in [0.25, 0.3) is 6.08 Å². The van der Waals surface area contributed by atoms with Crippen molar-refractivity contribution in [1.29, 1.82) is 0 Å². The first-order valence-electron chi connectivity index (χ1n) is 10.9. The molecular weight excluding hydrogens is 402 g/mol. The van der Waals surface area contributed by atoms with E-state index in [-0.39, 0.29) is 11.1 Å². The number of aryl methyl sites for hydroxylation is 2. The molecule has 1 saturated heterocycles. The number of carbonyl (C=O) groups excluding carboxylic acids is 3. The Morgan fingerprint density at radius 3 is 2.38 bits per heavy atom. The molecule has 1 atom stereocenters. The lowest BCUT2D eigenvalue weighted by molar-refractivity contribution is -0.122. The predicted octanol–water partition coefficient (Wildman–Crippen LogP) is 4.69. The first kappa shape index (κ1) is 21.8. The van der Waals surface area contributed by atoms with Gasteiger partial charge < -0.3 is 4.90 Å². The number of nitrogens with one attached hydrogen (secondary N) is 1. The number of hydrogen-bond acceptors (Lipinski definition) is 4. The number of rotatable bonds is 2. The largest absolute Gasteiger partial charge is 0.369 e. The molecule has 4 rings (SSSR count). The molecule has 0 spiro atoms. The van der Waals surface area contributed by atoms with E-state index in [1.54, 1.807) is 18.2 Å². The molecule has 6 heteroatoms. The van der Waals surface area contributed by atoms with Gasteiger partial charge in [0.2, 0.25) is 0 Å². The summed E-state index contributed by atoms with van der Waals surface area (Å²) in [5.41, 5.74) is 5.57. The summed E-state index contributed by atoms with van der Waals surface area (Å²) < 4.78 is 0. The Hall–Kier alpha value is -3.41. The molecule has 0 bridgehead atoms. The summed E-state index contributed by atoms with van der Waals surface area (Å²) in [6, 6.07) is 10.5. The Labute approximate surface area is 188 Å². The number of barbiturate groups is 1. The Kier molecular flexibility index (Phi) is 5.19. The highest BCUT2D eigenvalue weighted by atomic mass is 16.2. The van der Waals surface area contributed by atoms with E-state index in [0.29, 0.717) is 11.6 Å². The SMILES string of the molecule is Cc1ccc(N2C(=O)NC(=O)/C(=C\c3cc4c(cc3C)N(C)C(C)(C)CC4C)C2=O)cc1. The Balaban J connectivity index is 1.77. The van der Waals surface area contributed by atoms with Crippen molar-refractivity contribution < 1.29 is 14.4 Å². The van der Waals surface area contributed by atoms with Gasteiger partial charge in [0.25, 0.3) is 11.8 Å². The van der Waals surface area contributed by atoms with Gasteiger partial charge in [0.05, 0.1) is 5.69 Å². The second-order valence-corrected chi connectivity index (χ2v) is 9.54. The fraction of sp³-hybridized carbons (Fsp3) is 0.346. The molecular formula is C26H29N3O3. The van der Waals surface area contributed by atoms with Crippen LogP contribution in [0, 0.1) is 13.8 Å². The minimum atomic E-state index is -0.736. The highest BCUT2D eigenvalue weighted by Gasteiger charge is 2.38. The van der Waals surface area contributed by atoms with Crippen molar-refractivity contribution in [3.8, 4) is 0 Å². The maximum absolute atomic E-state index is 13.2. The monoisotopic (exact) mass is 431 g/mol. The molecule has 2 aromatic rings. The zero-order valence-electron chi connectivity index (χ0n) is 19.4. The first-order chi connectivity index (χ1) is 15.0. The topological polar surface area (TPSA) is 69.7 Å². The van der Waals surface area contributed by atoms with Crippen molar-refractivity contribution in [3.63, 3.8) is 0 Å². The van der Waals surface area contributed by atoms with Crippen LogP contribution in [-0.2, 0) is 9.59 Å². The summed E-state index contributed by atoms with van der Waals surface area (Å²) in [5.74, 6) is -0.951. The maximum atomic E-state index is 13.2. The molecule has 0 aromatic heterocycles. The lowest BCUT2D eigenvalue weighted by atomic mass is 9.79. The van der Waals surface area contributed by atoms with E-state index in [2.05, 4.69) is 50.2 Å². The number of hydrogen-bond donors (Lipinski definition) is 1. The second kappa shape index (κ2) is 7.62. The van der Waals surface area contributed by atoms with Crippen LogP contribution in [0.15, 0.2) is 42.0 Å². The molecule has 2 aromatic carbocycles. The molecule has 32 heavy (non-hydrogen) atoms. The number of imide groups is 2. The zero-order chi connectivity index (χ0) is 23.4. The van der Waals surface area contributed by atoms with Crippen molar-refractivity contribution >= 4 is 35.3 Å². The Morgan fingerprint density at radius 1 is 1.06 bits per heavy atom. The van der Waals surface area contributed by atoms with Crippen LogP contribution in [0.5, 0.6) is 0 Å². The average molecular weight is 432 g/mol. The van der Waals surface area contributed by atoms with Crippen LogP contribution >= 0.6 is 0 Å². The molecule has 1 fully saturated rings. The number of carbonyl (C=O) groups is 3. The lowest BCUT2D eigenvalue weighted by Crippen LogP contribution is -2.54. The standard InChI is InChI=1S/C26H29N3O3/c1-15-7-9-19(10-8-15)29-24(31)21(23(30)27-25(29)32)13-18-12-20-17(3)14-26(4,5)28(6)22(20)11-16(18)2/h7-13,17H,14H2,1-6H3,(H,27,30,32)/b21-13+. The van der Waals surface area contributed by atoms with Crippen molar-refractivity contribution in [3.05, 3.63) is 64.2 Å². The number of urea groups is 1. The van der Waals surface area contributed by atoms with Gasteiger partial charge in [0.15, 0.2) is 0 Å². The van der Waals surface area contributed by atoms with E-state index in [4.69, 9.17) is 0 Å². The number of anilines is 2. The van der Waals surface area contributed by atoms with E-state index in [0.717, 1.165) is 28.0 Å². The summed E-state index contributed by atoms with van der Waals surface area (Å²) in [7, 11) is 2.10. The molecule has 166 valence electrons. The summed E-state index contributed by atoms with van der Waals surface area (Å²) in [5, 5.41) is 2.30. The van der Waals surface area contributed by atoms with Gasteiger partial charge in [-0.3, -0.25) is 14.9 Å². The van der Waals surface area contributed by atoms with Gasteiger partial charge in [0, 0.05) is 18.3 Å². The summed E-state index contributed by atoms with van der Waals surface area (Å²) in [6.07, 6.45) is 2.61. The molecule has 0 saturated carbocycles. The maximum Gasteiger partial charge on any atom is 0.335 e. The summed E-state index contributed by atoms with van der Waals surface area (Å²) >= 11 is 0. The third-order valence-corrected chi connectivity index (χ3v) is 6.72. The van der Waals surface area contributed by atoms with Crippen LogP contribution < -0.4 is 15.1 Å². The second-order valence-electron chi connectivity index (χ2n) is 9.54. The van der Waals surface area contributed by atoms with Gasteiger partial charge in [0.1, 0.15) is 5.57 Å². The van der Waals surface area contributed by atoms with E-state index in [9.17, 15) is 14.4 Å². The molecule has 2 aliphatic heterocycles. The minimum absolute atomic E-state index is 0.0486. The van der Waals surface area contributed by atoms with Crippen LogP contribution in [-0.4, -0.2) is 30.4 Å². The van der Waals surface area contributed by atoms with Crippen LogP contribution in [0.4, 0.5) is 16.2 Å². The first-order valence-corrected chi connectivity index (χ1v) is 10.9. The lowest BCUT2D eigenvalue weighted by Gasteiger charge is -2.45. The highest BCUT2D eigenvalue weighted by molar-refractivity contribution is 6.39. The van der Waals surface area contributed by atoms with Crippen LogP contribution in [0.2, 0.25) is 0 Å².